The summed E-state index contributed by atoms with van der Waals surface area (Å²) in [6.07, 6.45) is 2.11. The first kappa shape index (κ1) is 14.7. The van der Waals surface area contributed by atoms with Crippen LogP contribution in [0.4, 0.5) is 0 Å². The molecule has 0 unspecified atom stereocenters. The number of nitrogens with zero attached hydrogens (tertiary/aromatic N) is 1. The second-order valence-electron chi connectivity index (χ2n) is 5.02. The average molecular weight is 288 g/mol. The highest BCUT2D eigenvalue weighted by molar-refractivity contribution is 7.71. The van der Waals surface area contributed by atoms with E-state index in [1.165, 1.54) is 0 Å². The van der Waals surface area contributed by atoms with Crippen LogP contribution in [0.15, 0.2) is 30.3 Å². The van der Waals surface area contributed by atoms with Crippen molar-refractivity contribution in [2.24, 2.45) is 0 Å². The van der Waals surface area contributed by atoms with Gasteiger partial charge in [-0.2, -0.15) is 0 Å². The van der Waals surface area contributed by atoms with Crippen molar-refractivity contribution in [1.82, 2.24) is 9.97 Å². The first-order valence-electron chi connectivity index (χ1n) is 6.96. The molecule has 0 amide bonds. The minimum absolute atomic E-state index is 0.164. The molecule has 0 saturated carbocycles. The molecule has 0 aliphatic carbocycles. The summed E-state index contributed by atoms with van der Waals surface area (Å²) in [4.78, 5) is 7.70. The lowest BCUT2D eigenvalue weighted by atomic mass is 10.1. The van der Waals surface area contributed by atoms with Crippen molar-refractivity contribution in [1.29, 1.82) is 0 Å². The SMILES string of the molecule is CCCc1nc(=S)cc(-c2cccc(OC(C)C)c2)[nH]1. The van der Waals surface area contributed by atoms with Gasteiger partial charge in [-0.1, -0.05) is 31.3 Å². The van der Waals surface area contributed by atoms with Crippen LogP contribution in [0, 0.1) is 4.64 Å². The van der Waals surface area contributed by atoms with E-state index in [0.717, 1.165) is 35.7 Å². The quantitative estimate of drug-likeness (QED) is 0.820. The molecule has 0 aliphatic heterocycles. The largest absolute Gasteiger partial charge is 0.491 e. The van der Waals surface area contributed by atoms with Crippen LogP contribution in [0.25, 0.3) is 11.3 Å². The van der Waals surface area contributed by atoms with Gasteiger partial charge in [-0.05, 0) is 38.5 Å². The molecule has 2 rings (SSSR count). The molecule has 3 nitrogen and oxygen atoms in total. The molecule has 1 heterocycles. The Morgan fingerprint density at radius 1 is 1.30 bits per heavy atom. The zero-order valence-corrected chi connectivity index (χ0v) is 13.0. The third kappa shape index (κ3) is 3.90. The lowest BCUT2D eigenvalue weighted by molar-refractivity contribution is 0.242. The normalized spacial score (nSPS) is 10.8. The molecular formula is C16H20N2OS. The van der Waals surface area contributed by atoms with Crippen molar-refractivity contribution >= 4 is 12.2 Å². The summed E-state index contributed by atoms with van der Waals surface area (Å²) in [6.45, 7) is 6.17. The van der Waals surface area contributed by atoms with Gasteiger partial charge in [0, 0.05) is 17.7 Å². The van der Waals surface area contributed by atoms with E-state index in [9.17, 15) is 0 Å². The number of aryl methyl sites for hydroxylation is 1. The summed E-state index contributed by atoms with van der Waals surface area (Å²) >= 11 is 5.24. The summed E-state index contributed by atoms with van der Waals surface area (Å²) in [7, 11) is 0. The zero-order chi connectivity index (χ0) is 14.5. The van der Waals surface area contributed by atoms with E-state index in [1.54, 1.807) is 0 Å². The highest BCUT2D eigenvalue weighted by atomic mass is 32.1. The van der Waals surface area contributed by atoms with E-state index in [4.69, 9.17) is 17.0 Å². The first-order valence-corrected chi connectivity index (χ1v) is 7.36. The Hall–Kier alpha value is -1.68. The lowest BCUT2D eigenvalue weighted by Crippen LogP contribution is -2.05. The minimum Gasteiger partial charge on any atom is -0.491 e. The zero-order valence-electron chi connectivity index (χ0n) is 12.1. The van der Waals surface area contributed by atoms with Crippen LogP contribution < -0.4 is 4.74 Å². The maximum atomic E-state index is 5.73. The van der Waals surface area contributed by atoms with E-state index in [2.05, 4.69) is 16.9 Å². The monoisotopic (exact) mass is 288 g/mol. The number of benzene rings is 1. The van der Waals surface area contributed by atoms with Crippen LogP contribution in [0.2, 0.25) is 0 Å². The average Bonchev–Trinajstić information content (AvgIpc) is 2.38. The molecule has 0 saturated heterocycles. The number of H-pyrrole nitrogens is 1. The molecule has 0 fully saturated rings. The molecule has 1 N–H and O–H groups in total. The fourth-order valence-electron chi connectivity index (χ4n) is 2.03. The van der Waals surface area contributed by atoms with E-state index in [0.29, 0.717) is 4.64 Å². The van der Waals surface area contributed by atoms with Gasteiger partial charge in [-0.3, -0.25) is 0 Å². The fraction of sp³-hybridized carbons (Fsp3) is 0.375. The van der Waals surface area contributed by atoms with Gasteiger partial charge in [0.15, 0.2) is 0 Å². The molecule has 4 heteroatoms. The number of hydrogen-bond acceptors (Lipinski definition) is 3. The molecule has 0 radical (unpaired) electrons. The van der Waals surface area contributed by atoms with Crippen LogP contribution >= 0.6 is 12.2 Å². The molecule has 0 spiro atoms. The van der Waals surface area contributed by atoms with Crippen molar-refractivity contribution in [3.63, 3.8) is 0 Å². The Morgan fingerprint density at radius 3 is 2.80 bits per heavy atom. The van der Waals surface area contributed by atoms with Crippen LogP contribution in [-0.2, 0) is 6.42 Å². The second kappa shape index (κ2) is 6.66. The third-order valence-corrected chi connectivity index (χ3v) is 3.00. The number of aromatic amines is 1. The molecule has 1 aromatic carbocycles. The highest BCUT2D eigenvalue weighted by Gasteiger charge is 2.04. The lowest BCUT2D eigenvalue weighted by Gasteiger charge is -2.11. The Balaban J connectivity index is 2.38. The molecule has 0 atom stereocenters. The van der Waals surface area contributed by atoms with Gasteiger partial charge in [0.1, 0.15) is 16.2 Å². The van der Waals surface area contributed by atoms with Gasteiger partial charge in [0.2, 0.25) is 0 Å². The summed E-state index contributed by atoms with van der Waals surface area (Å²) < 4.78 is 6.35. The highest BCUT2D eigenvalue weighted by Crippen LogP contribution is 2.23. The minimum atomic E-state index is 0.164. The second-order valence-corrected chi connectivity index (χ2v) is 5.44. The smallest absolute Gasteiger partial charge is 0.130 e. The van der Waals surface area contributed by atoms with Gasteiger partial charge < -0.3 is 9.72 Å². The summed E-state index contributed by atoms with van der Waals surface area (Å²) in [5.41, 5.74) is 2.05. The molecule has 2 aromatic rings. The van der Waals surface area contributed by atoms with Gasteiger partial charge in [-0.15, -0.1) is 0 Å². The molecule has 1 aromatic heterocycles. The van der Waals surface area contributed by atoms with Crippen molar-refractivity contribution in [3.05, 3.63) is 40.8 Å². The van der Waals surface area contributed by atoms with Crippen molar-refractivity contribution in [2.75, 3.05) is 0 Å². The van der Waals surface area contributed by atoms with E-state index < -0.39 is 0 Å². The Kier molecular flexibility index (Phi) is 4.90. The van der Waals surface area contributed by atoms with Crippen LogP contribution in [0.5, 0.6) is 5.75 Å². The Bertz CT molecular complexity index is 634. The third-order valence-electron chi connectivity index (χ3n) is 2.80. The molecular weight excluding hydrogens is 268 g/mol. The number of ether oxygens (including phenoxy) is 1. The standard InChI is InChI=1S/C16H20N2OS/c1-4-6-15-17-14(10-16(20)18-15)12-7-5-8-13(9-12)19-11(2)3/h5,7-11H,4,6H2,1-3H3,(H,17,18,20). The number of hydrogen-bond donors (Lipinski definition) is 1. The van der Waals surface area contributed by atoms with Gasteiger partial charge in [0.25, 0.3) is 0 Å². The van der Waals surface area contributed by atoms with Gasteiger partial charge in [0.05, 0.1) is 6.10 Å². The molecule has 106 valence electrons. The predicted octanol–water partition coefficient (Wildman–Crippen LogP) is 4.55. The van der Waals surface area contributed by atoms with Crippen molar-refractivity contribution < 1.29 is 4.74 Å². The molecule has 20 heavy (non-hydrogen) atoms. The van der Waals surface area contributed by atoms with Gasteiger partial charge in [-0.25, -0.2) is 4.98 Å². The fourth-order valence-corrected chi connectivity index (χ4v) is 2.26. The van der Waals surface area contributed by atoms with E-state index in [-0.39, 0.29) is 6.10 Å². The van der Waals surface area contributed by atoms with Crippen LogP contribution in [-0.4, -0.2) is 16.1 Å². The molecule has 0 aliphatic rings. The first-order chi connectivity index (χ1) is 9.58. The number of aromatic nitrogens is 2. The van der Waals surface area contributed by atoms with E-state index in [1.807, 2.05) is 44.2 Å². The van der Waals surface area contributed by atoms with Crippen molar-refractivity contribution in [3.8, 4) is 17.0 Å². The topological polar surface area (TPSA) is 37.9 Å². The summed E-state index contributed by atoms with van der Waals surface area (Å²) in [6, 6.07) is 9.92. The predicted molar refractivity (Wildman–Crippen MR) is 84.6 cm³/mol. The maximum Gasteiger partial charge on any atom is 0.130 e. The summed E-state index contributed by atoms with van der Waals surface area (Å²) in [5, 5.41) is 0. The maximum absolute atomic E-state index is 5.73. The number of nitrogens with one attached hydrogen (secondary N) is 1. The Labute approximate surface area is 125 Å². The van der Waals surface area contributed by atoms with E-state index >= 15 is 0 Å². The van der Waals surface area contributed by atoms with Gasteiger partial charge >= 0.3 is 0 Å². The van der Waals surface area contributed by atoms with Crippen LogP contribution in [0.3, 0.4) is 0 Å². The molecule has 0 bridgehead atoms. The number of rotatable bonds is 5. The van der Waals surface area contributed by atoms with Crippen LogP contribution in [0.1, 0.15) is 33.0 Å². The van der Waals surface area contributed by atoms with Crippen molar-refractivity contribution in [2.45, 2.75) is 39.7 Å². The summed E-state index contributed by atoms with van der Waals surface area (Å²) in [5.74, 6) is 1.80. The Morgan fingerprint density at radius 2 is 2.10 bits per heavy atom.